The molecule has 0 spiro atoms. The Balaban J connectivity index is 2.78. The molecule has 0 saturated carbocycles. The highest BCUT2D eigenvalue weighted by Gasteiger charge is 2.16. The van der Waals surface area contributed by atoms with E-state index in [1.54, 1.807) is 11.5 Å². The molecule has 2 rings (SSSR count). The van der Waals surface area contributed by atoms with E-state index >= 15 is 0 Å². The molecule has 5 heteroatoms. The van der Waals surface area contributed by atoms with Crippen LogP contribution in [0.25, 0.3) is 10.9 Å². The molecule has 0 unspecified atom stereocenters. The third-order valence-corrected chi connectivity index (χ3v) is 4.13. The molecule has 0 amide bonds. The number of carbonyl (C=O) groups excluding carboxylic acids is 1. The van der Waals surface area contributed by atoms with Gasteiger partial charge < -0.3 is 9.30 Å². The molecule has 100 valence electrons. The first-order chi connectivity index (χ1) is 8.95. The molecule has 0 aliphatic heterocycles. The summed E-state index contributed by atoms with van der Waals surface area (Å²) in [6.07, 6.45) is 1.54. The number of esters is 1. The molecule has 0 fully saturated rings. The lowest BCUT2D eigenvalue weighted by molar-refractivity contribution is 0.0524. The van der Waals surface area contributed by atoms with Crippen molar-refractivity contribution in [3.63, 3.8) is 0 Å². The van der Waals surface area contributed by atoms with Crippen LogP contribution in [0.1, 0.15) is 22.8 Å². The number of hydrogen-bond donors (Lipinski definition) is 0. The SMILES string of the molecule is CCOC(=O)c1cn(C)c2cc(I)c(C)cc2c1=O. The van der Waals surface area contributed by atoms with Crippen LogP contribution in [0.15, 0.2) is 23.1 Å². The van der Waals surface area contributed by atoms with E-state index in [0.717, 1.165) is 14.7 Å². The first kappa shape index (κ1) is 14.0. The summed E-state index contributed by atoms with van der Waals surface area (Å²) in [4.78, 5) is 24.1. The molecule has 0 bridgehead atoms. The van der Waals surface area contributed by atoms with Crippen LogP contribution in [-0.2, 0) is 11.8 Å². The van der Waals surface area contributed by atoms with Crippen molar-refractivity contribution in [1.29, 1.82) is 0 Å². The number of aromatic nitrogens is 1. The van der Waals surface area contributed by atoms with Gasteiger partial charge >= 0.3 is 5.97 Å². The first-order valence-corrected chi connectivity index (χ1v) is 7.00. The Morgan fingerprint density at radius 1 is 1.42 bits per heavy atom. The van der Waals surface area contributed by atoms with Crippen molar-refractivity contribution in [3.05, 3.63) is 43.2 Å². The summed E-state index contributed by atoms with van der Waals surface area (Å²) in [7, 11) is 1.82. The zero-order chi connectivity index (χ0) is 14.2. The molecule has 0 saturated heterocycles. The first-order valence-electron chi connectivity index (χ1n) is 5.92. The monoisotopic (exact) mass is 371 g/mol. The summed E-state index contributed by atoms with van der Waals surface area (Å²) < 4.78 is 7.78. The van der Waals surface area contributed by atoms with Gasteiger partial charge in [-0.3, -0.25) is 4.79 Å². The highest BCUT2D eigenvalue weighted by Crippen LogP contribution is 2.19. The number of ether oxygens (including phenoxy) is 1. The van der Waals surface area contributed by atoms with Gasteiger partial charge in [0, 0.05) is 22.2 Å². The molecule has 1 heterocycles. The van der Waals surface area contributed by atoms with Gasteiger partial charge in [0.05, 0.1) is 12.1 Å². The minimum Gasteiger partial charge on any atom is -0.462 e. The summed E-state index contributed by atoms with van der Waals surface area (Å²) in [5.74, 6) is -0.568. The number of carbonyl (C=O) groups is 1. The Kier molecular flexibility index (Phi) is 3.93. The zero-order valence-corrected chi connectivity index (χ0v) is 13.1. The van der Waals surface area contributed by atoms with Gasteiger partial charge in [-0.1, -0.05) is 0 Å². The van der Waals surface area contributed by atoms with Crippen molar-refractivity contribution < 1.29 is 9.53 Å². The van der Waals surface area contributed by atoms with Crippen molar-refractivity contribution >= 4 is 39.5 Å². The molecule has 0 aliphatic rings. The number of benzene rings is 1. The Bertz CT molecular complexity index is 719. The predicted octanol–water partition coefficient (Wildman–Crippen LogP) is 2.63. The van der Waals surface area contributed by atoms with Crippen LogP contribution in [0, 0.1) is 10.5 Å². The highest BCUT2D eigenvalue weighted by atomic mass is 127. The van der Waals surface area contributed by atoms with Crippen LogP contribution in [-0.4, -0.2) is 17.1 Å². The Labute approximate surface area is 124 Å². The molecular weight excluding hydrogens is 357 g/mol. The molecule has 4 nitrogen and oxygen atoms in total. The third-order valence-electron chi connectivity index (χ3n) is 2.96. The largest absolute Gasteiger partial charge is 0.462 e. The van der Waals surface area contributed by atoms with Gasteiger partial charge in [-0.25, -0.2) is 4.79 Å². The van der Waals surface area contributed by atoms with E-state index in [0.29, 0.717) is 5.39 Å². The molecule has 19 heavy (non-hydrogen) atoms. The highest BCUT2D eigenvalue weighted by molar-refractivity contribution is 14.1. The lowest BCUT2D eigenvalue weighted by Crippen LogP contribution is -2.20. The third kappa shape index (κ3) is 2.51. The average molecular weight is 371 g/mol. The smallest absolute Gasteiger partial charge is 0.343 e. The number of nitrogens with zero attached hydrogens (tertiary/aromatic N) is 1. The minimum atomic E-state index is -0.568. The van der Waals surface area contributed by atoms with E-state index < -0.39 is 5.97 Å². The maximum absolute atomic E-state index is 12.3. The fraction of sp³-hybridized carbons (Fsp3) is 0.286. The van der Waals surface area contributed by atoms with Crippen molar-refractivity contribution in [2.45, 2.75) is 13.8 Å². The molecule has 0 radical (unpaired) electrons. The van der Waals surface area contributed by atoms with Crippen LogP contribution in [0.4, 0.5) is 0 Å². The second-order valence-corrected chi connectivity index (χ2v) is 5.48. The number of rotatable bonds is 2. The van der Waals surface area contributed by atoms with Crippen LogP contribution in [0.2, 0.25) is 0 Å². The normalized spacial score (nSPS) is 10.7. The van der Waals surface area contributed by atoms with Gasteiger partial charge in [0.2, 0.25) is 5.43 Å². The van der Waals surface area contributed by atoms with Crippen LogP contribution in [0.5, 0.6) is 0 Å². The Morgan fingerprint density at radius 3 is 2.74 bits per heavy atom. The maximum atomic E-state index is 12.3. The number of pyridine rings is 1. The second-order valence-electron chi connectivity index (χ2n) is 4.32. The summed E-state index contributed by atoms with van der Waals surface area (Å²) in [6, 6.07) is 3.77. The van der Waals surface area contributed by atoms with E-state index in [-0.39, 0.29) is 17.6 Å². The lowest BCUT2D eigenvalue weighted by atomic mass is 10.1. The summed E-state index contributed by atoms with van der Waals surface area (Å²) in [5.41, 5.74) is 1.64. The van der Waals surface area contributed by atoms with Gasteiger partial charge in [-0.15, -0.1) is 0 Å². The standard InChI is InChI=1S/C14H14INO3/c1-4-19-14(18)10-7-16(3)12-6-11(15)8(2)5-9(12)13(10)17/h5-7H,4H2,1-3H3. The second kappa shape index (κ2) is 5.32. The minimum absolute atomic E-state index is 0.0810. The van der Waals surface area contributed by atoms with E-state index in [4.69, 9.17) is 4.74 Å². The van der Waals surface area contributed by atoms with Crippen molar-refractivity contribution in [3.8, 4) is 0 Å². The molecule has 2 aromatic rings. The predicted molar refractivity (Wildman–Crippen MR) is 82.6 cm³/mol. The van der Waals surface area contributed by atoms with Gasteiger partial charge in [0.25, 0.3) is 0 Å². The van der Waals surface area contributed by atoms with Crippen LogP contribution in [0.3, 0.4) is 0 Å². The molecule has 1 aromatic carbocycles. The van der Waals surface area contributed by atoms with E-state index in [9.17, 15) is 9.59 Å². The summed E-state index contributed by atoms with van der Waals surface area (Å²) >= 11 is 2.23. The molecule has 0 N–H and O–H groups in total. The van der Waals surface area contributed by atoms with E-state index in [1.165, 1.54) is 6.20 Å². The molecule has 0 atom stereocenters. The number of aryl methyl sites for hydroxylation is 2. The summed E-state index contributed by atoms with van der Waals surface area (Å²) in [6.45, 7) is 3.92. The van der Waals surface area contributed by atoms with Crippen LogP contribution >= 0.6 is 22.6 Å². The maximum Gasteiger partial charge on any atom is 0.343 e. The van der Waals surface area contributed by atoms with Crippen molar-refractivity contribution in [2.24, 2.45) is 7.05 Å². The van der Waals surface area contributed by atoms with E-state index in [1.807, 2.05) is 26.1 Å². The zero-order valence-electron chi connectivity index (χ0n) is 11.0. The topological polar surface area (TPSA) is 48.3 Å². The molecule has 1 aromatic heterocycles. The van der Waals surface area contributed by atoms with Gasteiger partial charge in [0.1, 0.15) is 5.56 Å². The number of halogens is 1. The average Bonchev–Trinajstić information content (AvgIpc) is 2.36. The fourth-order valence-corrected chi connectivity index (χ4v) is 2.42. The van der Waals surface area contributed by atoms with Crippen molar-refractivity contribution in [2.75, 3.05) is 6.61 Å². The molecule has 0 aliphatic carbocycles. The van der Waals surface area contributed by atoms with Gasteiger partial charge in [-0.05, 0) is 54.1 Å². The Hall–Kier alpha value is -1.37. The molecular formula is C14H14INO3. The Morgan fingerprint density at radius 2 is 2.11 bits per heavy atom. The number of hydrogen-bond acceptors (Lipinski definition) is 3. The fourth-order valence-electron chi connectivity index (χ4n) is 1.97. The van der Waals surface area contributed by atoms with Crippen LogP contribution < -0.4 is 5.43 Å². The van der Waals surface area contributed by atoms with E-state index in [2.05, 4.69) is 22.6 Å². The van der Waals surface area contributed by atoms with Gasteiger partial charge in [0.15, 0.2) is 0 Å². The van der Waals surface area contributed by atoms with Crippen molar-refractivity contribution in [1.82, 2.24) is 4.57 Å². The van der Waals surface area contributed by atoms with Gasteiger partial charge in [-0.2, -0.15) is 0 Å². The quantitative estimate of drug-likeness (QED) is 0.603. The number of fused-ring (bicyclic) bond motifs is 1. The summed E-state index contributed by atoms with van der Waals surface area (Å²) in [5, 5.41) is 0.547. The lowest BCUT2D eigenvalue weighted by Gasteiger charge is -2.10.